The Kier molecular flexibility index (Phi) is 1.44. The summed E-state index contributed by atoms with van der Waals surface area (Å²) < 4.78 is 0. The highest BCUT2D eigenvalue weighted by atomic mass is 16.2. The molecule has 1 saturated carbocycles. The lowest BCUT2D eigenvalue weighted by molar-refractivity contribution is -0.119. The van der Waals surface area contributed by atoms with E-state index < -0.39 is 0 Å². The van der Waals surface area contributed by atoms with Gasteiger partial charge in [-0.05, 0) is 25.7 Å². The summed E-state index contributed by atoms with van der Waals surface area (Å²) in [5, 5.41) is 2.79. The van der Waals surface area contributed by atoms with Crippen molar-refractivity contribution in [1.29, 1.82) is 0 Å². The molecule has 3 nitrogen and oxygen atoms in total. The van der Waals surface area contributed by atoms with Crippen LogP contribution in [0, 0.1) is 5.92 Å². The first kappa shape index (κ1) is 6.83. The van der Waals surface area contributed by atoms with Crippen LogP contribution in [0.5, 0.6) is 0 Å². The van der Waals surface area contributed by atoms with Crippen molar-refractivity contribution in [3.63, 3.8) is 0 Å². The van der Waals surface area contributed by atoms with Crippen molar-refractivity contribution in [3.8, 4) is 0 Å². The van der Waals surface area contributed by atoms with Gasteiger partial charge in [-0.2, -0.15) is 0 Å². The van der Waals surface area contributed by atoms with E-state index >= 15 is 0 Å². The topological polar surface area (TPSA) is 41.5 Å². The van der Waals surface area contributed by atoms with Crippen LogP contribution in [0.25, 0.3) is 0 Å². The maximum Gasteiger partial charge on any atom is 0.249 e. The zero-order valence-electron chi connectivity index (χ0n) is 6.63. The molecule has 0 saturated heterocycles. The number of carbonyl (C=O) groups is 1. The van der Waals surface area contributed by atoms with Crippen molar-refractivity contribution < 1.29 is 4.79 Å². The second kappa shape index (κ2) is 2.32. The zero-order chi connectivity index (χ0) is 7.84. The van der Waals surface area contributed by atoms with Crippen LogP contribution >= 0.6 is 0 Å². The maximum atomic E-state index is 11.0. The highest BCUT2D eigenvalue weighted by Gasteiger charge is 2.28. The molecule has 0 aromatic carbocycles. The molecule has 2 rings (SSSR count). The predicted octanol–water partition coefficient (Wildman–Crippen LogP) is 0.703. The normalized spacial score (nSPS) is 30.1. The Morgan fingerprint density at radius 1 is 1.64 bits per heavy atom. The number of carbonyl (C=O) groups excluding carboxylic acids is 1. The number of aliphatic imine (C=N–C) groups is 1. The molecule has 1 aliphatic heterocycles. The van der Waals surface area contributed by atoms with Crippen LogP contribution in [0.3, 0.4) is 0 Å². The molecule has 0 radical (unpaired) electrons. The minimum absolute atomic E-state index is 0.0562. The Morgan fingerprint density at radius 2 is 2.36 bits per heavy atom. The van der Waals surface area contributed by atoms with E-state index in [-0.39, 0.29) is 11.9 Å². The van der Waals surface area contributed by atoms with E-state index in [1.807, 2.05) is 6.92 Å². The standard InChI is InChI=1S/C8H12N2O/c1-5-8(11)10-7(9-5)4-6-2-3-6/h5-6H,2-4H2,1H3,(H,9,10,11). The van der Waals surface area contributed by atoms with Gasteiger partial charge in [0, 0.05) is 6.42 Å². The number of nitrogens with one attached hydrogen (secondary N) is 1. The van der Waals surface area contributed by atoms with Crippen molar-refractivity contribution in [3.05, 3.63) is 0 Å². The molecule has 11 heavy (non-hydrogen) atoms. The van der Waals surface area contributed by atoms with Crippen molar-refractivity contribution >= 4 is 11.7 Å². The molecule has 1 fully saturated rings. The van der Waals surface area contributed by atoms with Gasteiger partial charge in [0.05, 0.1) is 0 Å². The van der Waals surface area contributed by atoms with E-state index in [1.165, 1.54) is 12.8 Å². The molecule has 0 spiro atoms. The average molecular weight is 152 g/mol. The van der Waals surface area contributed by atoms with Gasteiger partial charge in [-0.1, -0.05) is 0 Å². The number of amides is 1. The fraction of sp³-hybridized carbons (Fsp3) is 0.750. The Bertz CT molecular complexity index is 218. The van der Waals surface area contributed by atoms with Gasteiger partial charge in [-0.3, -0.25) is 9.79 Å². The first-order valence-electron chi connectivity index (χ1n) is 4.13. The smallest absolute Gasteiger partial charge is 0.249 e. The second-order valence-corrected chi connectivity index (χ2v) is 3.39. The molecule has 1 aliphatic carbocycles. The van der Waals surface area contributed by atoms with Crippen LogP contribution in [0.15, 0.2) is 4.99 Å². The lowest BCUT2D eigenvalue weighted by Crippen LogP contribution is -2.27. The minimum atomic E-state index is -0.149. The van der Waals surface area contributed by atoms with Crippen LogP contribution in [-0.2, 0) is 4.79 Å². The predicted molar refractivity (Wildman–Crippen MR) is 42.4 cm³/mol. The van der Waals surface area contributed by atoms with Gasteiger partial charge in [0.25, 0.3) is 0 Å². The summed E-state index contributed by atoms with van der Waals surface area (Å²) in [6, 6.07) is -0.149. The molecular formula is C8H12N2O. The molecule has 1 N–H and O–H groups in total. The van der Waals surface area contributed by atoms with Gasteiger partial charge in [0.1, 0.15) is 11.9 Å². The molecule has 1 atom stereocenters. The van der Waals surface area contributed by atoms with Gasteiger partial charge in [-0.15, -0.1) is 0 Å². The van der Waals surface area contributed by atoms with Gasteiger partial charge in [-0.25, -0.2) is 0 Å². The lowest BCUT2D eigenvalue weighted by atomic mass is 10.3. The third kappa shape index (κ3) is 1.42. The number of nitrogens with zero attached hydrogens (tertiary/aromatic N) is 1. The van der Waals surface area contributed by atoms with Gasteiger partial charge < -0.3 is 5.32 Å². The summed E-state index contributed by atoms with van der Waals surface area (Å²) in [6.07, 6.45) is 3.60. The van der Waals surface area contributed by atoms with Crippen LogP contribution in [0.2, 0.25) is 0 Å². The minimum Gasteiger partial charge on any atom is -0.313 e. The molecular weight excluding hydrogens is 140 g/mol. The maximum absolute atomic E-state index is 11.0. The first-order valence-corrected chi connectivity index (χ1v) is 4.13. The molecule has 2 aliphatic rings. The van der Waals surface area contributed by atoms with Crippen molar-refractivity contribution in [2.75, 3.05) is 0 Å². The fourth-order valence-electron chi connectivity index (χ4n) is 1.27. The lowest BCUT2D eigenvalue weighted by Gasteiger charge is -1.96. The van der Waals surface area contributed by atoms with Crippen molar-refractivity contribution in [2.24, 2.45) is 10.9 Å². The monoisotopic (exact) mass is 152 g/mol. The zero-order valence-corrected chi connectivity index (χ0v) is 6.63. The average Bonchev–Trinajstić information content (AvgIpc) is 2.65. The van der Waals surface area contributed by atoms with Crippen molar-refractivity contribution in [2.45, 2.75) is 32.2 Å². The summed E-state index contributed by atoms with van der Waals surface area (Å²) >= 11 is 0. The summed E-state index contributed by atoms with van der Waals surface area (Å²) in [4.78, 5) is 15.2. The summed E-state index contributed by atoms with van der Waals surface area (Å²) in [6.45, 7) is 1.83. The molecule has 1 heterocycles. The molecule has 0 bridgehead atoms. The van der Waals surface area contributed by atoms with E-state index in [1.54, 1.807) is 0 Å². The molecule has 1 amide bonds. The first-order chi connectivity index (χ1) is 5.25. The van der Waals surface area contributed by atoms with Crippen molar-refractivity contribution in [1.82, 2.24) is 5.32 Å². The third-order valence-corrected chi connectivity index (χ3v) is 2.18. The van der Waals surface area contributed by atoms with E-state index in [2.05, 4.69) is 10.3 Å². The van der Waals surface area contributed by atoms with E-state index in [0.717, 1.165) is 18.2 Å². The highest BCUT2D eigenvalue weighted by Crippen LogP contribution is 2.32. The number of rotatable bonds is 2. The summed E-state index contributed by atoms with van der Waals surface area (Å²) in [5.74, 6) is 1.77. The molecule has 3 heteroatoms. The van der Waals surface area contributed by atoms with E-state index in [9.17, 15) is 4.79 Å². The van der Waals surface area contributed by atoms with Crippen LogP contribution < -0.4 is 5.32 Å². The molecule has 60 valence electrons. The Hall–Kier alpha value is -0.860. The summed E-state index contributed by atoms with van der Waals surface area (Å²) in [5.41, 5.74) is 0. The number of hydrogen-bond donors (Lipinski definition) is 1. The molecule has 1 unspecified atom stereocenters. The van der Waals surface area contributed by atoms with Gasteiger partial charge >= 0.3 is 0 Å². The SMILES string of the molecule is CC1N=C(CC2CC2)NC1=O. The molecule has 0 aromatic heterocycles. The third-order valence-electron chi connectivity index (χ3n) is 2.18. The van der Waals surface area contributed by atoms with E-state index in [4.69, 9.17) is 0 Å². The fourth-order valence-corrected chi connectivity index (χ4v) is 1.27. The van der Waals surface area contributed by atoms with Gasteiger partial charge in [0.15, 0.2) is 0 Å². The number of hydrogen-bond acceptors (Lipinski definition) is 2. The largest absolute Gasteiger partial charge is 0.313 e. The Labute approximate surface area is 65.9 Å². The second-order valence-electron chi connectivity index (χ2n) is 3.39. The van der Waals surface area contributed by atoms with Crippen LogP contribution in [-0.4, -0.2) is 17.8 Å². The van der Waals surface area contributed by atoms with E-state index in [0.29, 0.717) is 0 Å². The quantitative estimate of drug-likeness (QED) is 0.621. The van der Waals surface area contributed by atoms with Crippen LogP contribution in [0.4, 0.5) is 0 Å². The Balaban J connectivity index is 1.93. The number of amidine groups is 1. The van der Waals surface area contributed by atoms with Crippen LogP contribution in [0.1, 0.15) is 26.2 Å². The molecule has 0 aromatic rings. The summed E-state index contributed by atoms with van der Waals surface area (Å²) in [7, 11) is 0. The highest BCUT2D eigenvalue weighted by molar-refractivity contribution is 6.05. The van der Waals surface area contributed by atoms with Gasteiger partial charge in [0.2, 0.25) is 5.91 Å². The Morgan fingerprint density at radius 3 is 2.82 bits per heavy atom.